The van der Waals surface area contributed by atoms with E-state index in [1.54, 1.807) is 0 Å². The largest absolute Gasteiger partial charge is 0.305 e. The summed E-state index contributed by atoms with van der Waals surface area (Å²) >= 11 is 0. The van der Waals surface area contributed by atoms with Crippen LogP contribution in [-0.4, -0.2) is 107 Å². The maximum absolute atomic E-state index is 13.7. The Hall–Kier alpha value is -0.720. The Kier molecular flexibility index (Phi) is 21.1. The van der Waals surface area contributed by atoms with Crippen molar-refractivity contribution in [2.45, 2.75) is 197 Å². The van der Waals surface area contributed by atoms with Gasteiger partial charge in [-0.3, -0.25) is 9.80 Å². The Bertz CT molecular complexity index is 927. The molecule has 0 saturated carbocycles. The third-order valence-electron chi connectivity index (χ3n) is 12.9. The summed E-state index contributed by atoms with van der Waals surface area (Å²) in [6.07, 6.45) is 3.13. The van der Waals surface area contributed by atoms with E-state index in [0.29, 0.717) is 37.8 Å². The average Bonchev–Trinajstić information content (AvgIpc) is 3.02. The van der Waals surface area contributed by atoms with E-state index in [4.69, 9.17) is 0 Å². The molecule has 4 heterocycles. The maximum Gasteiger partial charge on any atom is 0.305 e. The van der Waals surface area contributed by atoms with Crippen molar-refractivity contribution in [3.63, 3.8) is 0 Å². The SMILES string of the molecule is CC(C)C1CCN(C(C)C)C(F)(F)C1.CC(C)C1CCN(C(C)C)C(F)(F)C1.CC(C)C1CCN(C(C)C)CC1(F)F.CC(C)C1CCN(C(C)C)CC1(F)F. The summed E-state index contributed by atoms with van der Waals surface area (Å²) in [6.45, 7) is 33.5. The minimum Gasteiger partial charge on any atom is -0.295 e. The number of alkyl halides is 8. The first-order valence-electron chi connectivity index (χ1n) is 21.9. The summed E-state index contributed by atoms with van der Waals surface area (Å²) in [4.78, 5) is 6.40. The van der Waals surface area contributed by atoms with E-state index < -0.39 is 35.8 Å². The molecule has 56 heavy (non-hydrogen) atoms. The molecule has 4 aliphatic rings. The average molecular weight is 821 g/mol. The Morgan fingerprint density at radius 1 is 0.375 bits per heavy atom. The quantitative estimate of drug-likeness (QED) is 0.179. The van der Waals surface area contributed by atoms with E-state index in [1.165, 1.54) is 9.80 Å². The molecule has 0 N–H and O–H groups in total. The minimum absolute atomic E-state index is 0.0306. The van der Waals surface area contributed by atoms with Crippen LogP contribution < -0.4 is 0 Å². The third kappa shape index (κ3) is 16.0. The highest BCUT2D eigenvalue weighted by Gasteiger charge is 2.48. The van der Waals surface area contributed by atoms with Crippen molar-refractivity contribution in [1.82, 2.24) is 19.6 Å². The normalized spacial score (nSPS) is 28.7. The van der Waals surface area contributed by atoms with Crippen molar-refractivity contribution in [2.75, 3.05) is 39.3 Å². The molecule has 0 bridgehead atoms. The lowest BCUT2D eigenvalue weighted by Crippen LogP contribution is -2.52. The second-order valence-electron chi connectivity index (χ2n) is 19.8. The van der Waals surface area contributed by atoms with Gasteiger partial charge < -0.3 is 0 Å². The lowest BCUT2D eigenvalue weighted by atomic mass is 9.83. The molecule has 12 heteroatoms. The Morgan fingerprint density at radius 3 is 0.839 bits per heavy atom. The molecule has 4 nitrogen and oxygen atoms in total. The van der Waals surface area contributed by atoms with Crippen LogP contribution in [0.2, 0.25) is 0 Å². The van der Waals surface area contributed by atoms with E-state index in [1.807, 2.05) is 121 Å². The highest BCUT2D eigenvalue weighted by atomic mass is 19.3. The maximum atomic E-state index is 13.7. The number of piperidine rings is 4. The first kappa shape index (κ1) is 53.3. The Morgan fingerprint density at radius 2 is 0.661 bits per heavy atom. The fraction of sp³-hybridized carbons (Fsp3) is 1.00. The van der Waals surface area contributed by atoms with Gasteiger partial charge in [-0.05, 0) is 130 Å². The minimum atomic E-state index is -2.60. The first-order valence-corrected chi connectivity index (χ1v) is 21.9. The molecule has 4 fully saturated rings. The van der Waals surface area contributed by atoms with Gasteiger partial charge in [0.05, 0.1) is 13.1 Å². The molecule has 0 aromatic rings. The molecule has 0 aliphatic carbocycles. The standard InChI is InChI=1S/4C11H21F2N/c2*1-8(2)10-5-6-14(9(3)4)7-11(10,12)13;2*1-8(2)10-5-6-14(9(3)4)11(12,13)7-10/h4*8-10H,5-7H2,1-4H3. The van der Waals surface area contributed by atoms with Gasteiger partial charge in [0.2, 0.25) is 0 Å². The lowest BCUT2D eigenvalue weighted by molar-refractivity contribution is -0.196. The van der Waals surface area contributed by atoms with Crippen LogP contribution in [0.25, 0.3) is 0 Å². The van der Waals surface area contributed by atoms with Gasteiger partial charge in [-0.25, -0.2) is 27.4 Å². The Balaban J connectivity index is 0.000000373. The third-order valence-corrected chi connectivity index (χ3v) is 12.9. The van der Waals surface area contributed by atoms with Gasteiger partial charge in [0.25, 0.3) is 11.8 Å². The molecular formula is C44H84F8N4. The summed E-state index contributed by atoms with van der Waals surface area (Å²) in [5.41, 5.74) is 0. The number of halogens is 8. The number of nitrogens with zero attached hydrogens (tertiary/aromatic N) is 4. The molecule has 336 valence electrons. The molecule has 0 spiro atoms. The van der Waals surface area contributed by atoms with E-state index in [2.05, 4.69) is 0 Å². The summed E-state index contributed by atoms with van der Waals surface area (Å²) in [6, 6.07) is -4.85. The van der Waals surface area contributed by atoms with Gasteiger partial charge in [-0.15, -0.1) is 0 Å². The van der Waals surface area contributed by atoms with E-state index in [-0.39, 0.29) is 73.8 Å². The first-order chi connectivity index (χ1) is 25.4. The van der Waals surface area contributed by atoms with Gasteiger partial charge >= 0.3 is 12.1 Å². The van der Waals surface area contributed by atoms with E-state index in [0.717, 1.165) is 25.9 Å². The van der Waals surface area contributed by atoms with Crippen LogP contribution in [0.1, 0.15) is 149 Å². The molecule has 0 aromatic heterocycles. The molecule has 4 saturated heterocycles. The van der Waals surface area contributed by atoms with Gasteiger partial charge in [0.1, 0.15) is 0 Å². The zero-order valence-corrected chi connectivity index (χ0v) is 38.2. The topological polar surface area (TPSA) is 13.0 Å². The molecule has 4 rings (SSSR count). The molecular weight excluding hydrogens is 736 g/mol. The zero-order chi connectivity index (χ0) is 43.7. The second-order valence-corrected chi connectivity index (χ2v) is 19.8. The van der Waals surface area contributed by atoms with Crippen LogP contribution in [0.4, 0.5) is 35.1 Å². The fourth-order valence-corrected chi connectivity index (χ4v) is 8.91. The zero-order valence-electron chi connectivity index (χ0n) is 38.2. The lowest BCUT2D eigenvalue weighted by Gasteiger charge is -2.42. The van der Waals surface area contributed by atoms with Gasteiger partial charge in [0.15, 0.2) is 0 Å². The fourth-order valence-electron chi connectivity index (χ4n) is 8.91. The predicted octanol–water partition coefficient (Wildman–Crippen LogP) is 12.7. The van der Waals surface area contributed by atoms with Crippen molar-refractivity contribution in [1.29, 1.82) is 0 Å². The summed E-state index contributed by atoms with van der Waals surface area (Å²) in [5.74, 6) is -4.60. The van der Waals surface area contributed by atoms with Crippen molar-refractivity contribution < 1.29 is 35.1 Å². The highest BCUT2D eigenvalue weighted by Crippen LogP contribution is 2.41. The number of hydrogen-bond acceptors (Lipinski definition) is 4. The van der Waals surface area contributed by atoms with Crippen molar-refractivity contribution in [3.8, 4) is 0 Å². The molecule has 0 amide bonds. The predicted molar refractivity (Wildman–Crippen MR) is 218 cm³/mol. The summed E-state index contributed by atoms with van der Waals surface area (Å²) in [5, 5.41) is 0. The van der Waals surface area contributed by atoms with Gasteiger partial charge in [0, 0.05) is 61.9 Å². The van der Waals surface area contributed by atoms with Gasteiger partial charge in [-0.2, -0.15) is 17.6 Å². The van der Waals surface area contributed by atoms with Crippen LogP contribution in [0.5, 0.6) is 0 Å². The van der Waals surface area contributed by atoms with Crippen LogP contribution in [0.15, 0.2) is 0 Å². The molecule has 4 aliphatic heterocycles. The van der Waals surface area contributed by atoms with E-state index >= 15 is 0 Å². The highest BCUT2D eigenvalue weighted by molar-refractivity contribution is 4.91. The summed E-state index contributed by atoms with van der Waals surface area (Å²) in [7, 11) is 0. The smallest absolute Gasteiger partial charge is 0.295 e. The summed E-state index contributed by atoms with van der Waals surface area (Å²) < 4.78 is 109. The van der Waals surface area contributed by atoms with Crippen LogP contribution >= 0.6 is 0 Å². The number of rotatable bonds is 8. The van der Waals surface area contributed by atoms with Crippen molar-refractivity contribution >= 4 is 0 Å². The Labute approximate surface area is 338 Å². The monoisotopic (exact) mass is 821 g/mol. The molecule has 0 aromatic carbocycles. The molecule has 4 atom stereocenters. The van der Waals surface area contributed by atoms with Crippen molar-refractivity contribution in [2.24, 2.45) is 47.3 Å². The molecule has 4 unspecified atom stereocenters. The van der Waals surface area contributed by atoms with Crippen molar-refractivity contribution in [3.05, 3.63) is 0 Å². The van der Waals surface area contributed by atoms with Crippen LogP contribution in [-0.2, 0) is 0 Å². The van der Waals surface area contributed by atoms with Crippen LogP contribution in [0, 0.1) is 47.3 Å². The number of likely N-dealkylation sites (tertiary alicyclic amines) is 4. The van der Waals surface area contributed by atoms with E-state index in [9.17, 15) is 35.1 Å². The second kappa shape index (κ2) is 22.2. The number of hydrogen-bond donors (Lipinski definition) is 0. The van der Waals surface area contributed by atoms with Crippen LogP contribution in [0.3, 0.4) is 0 Å². The molecule has 0 radical (unpaired) electrons. The van der Waals surface area contributed by atoms with Gasteiger partial charge in [-0.1, -0.05) is 55.4 Å².